The zero-order valence-electron chi connectivity index (χ0n) is 7.74. The van der Waals surface area contributed by atoms with Crippen molar-refractivity contribution in [3.05, 3.63) is 22.3 Å². The third-order valence-corrected chi connectivity index (χ3v) is 2.27. The number of hydrogen-bond donors (Lipinski definition) is 0. The van der Waals surface area contributed by atoms with Crippen molar-refractivity contribution in [2.45, 2.75) is 6.92 Å². The van der Waals surface area contributed by atoms with Gasteiger partial charge in [0.25, 0.3) is 0 Å². The molecule has 0 spiro atoms. The molecule has 0 aliphatic carbocycles. The standard InChI is InChI=1S/C8H11BrN2OS/c1-6-4-7(9)10-8(5-6)11-13(2,3)12/h4-5H,1-3H3. The minimum atomic E-state index is -2.12. The first-order valence-electron chi connectivity index (χ1n) is 3.68. The second-order valence-electron chi connectivity index (χ2n) is 3.10. The number of pyridine rings is 1. The fraction of sp³-hybridized carbons (Fsp3) is 0.375. The predicted octanol–water partition coefficient (Wildman–Crippen LogP) is 2.51. The molecule has 0 saturated carbocycles. The van der Waals surface area contributed by atoms with Crippen LogP contribution in [0.5, 0.6) is 0 Å². The molecule has 0 atom stereocenters. The van der Waals surface area contributed by atoms with Gasteiger partial charge in [0.05, 0.1) is 0 Å². The summed E-state index contributed by atoms with van der Waals surface area (Å²) in [4.78, 5) is 4.09. The first kappa shape index (κ1) is 10.7. The lowest BCUT2D eigenvalue weighted by atomic mass is 10.3. The van der Waals surface area contributed by atoms with Crippen LogP contribution in [-0.4, -0.2) is 21.7 Å². The fourth-order valence-electron chi connectivity index (χ4n) is 0.879. The van der Waals surface area contributed by atoms with Gasteiger partial charge in [0, 0.05) is 22.2 Å². The molecule has 1 aromatic heterocycles. The van der Waals surface area contributed by atoms with Crippen molar-refractivity contribution in [1.82, 2.24) is 4.98 Å². The van der Waals surface area contributed by atoms with Gasteiger partial charge in [-0.1, -0.05) is 0 Å². The van der Waals surface area contributed by atoms with E-state index in [9.17, 15) is 4.21 Å². The summed E-state index contributed by atoms with van der Waals surface area (Å²) in [6.07, 6.45) is 3.18. The summed E-state index contributed by atoms with van der Waals surface area (Å²) in [5, 5.41) is 0. The van der Waals surface area contributed by atoms with E-state index in [4.69, 9.17) is 0 Å². The maximum absolute atomic E-state index is 11.4. The van der Waals surface area contributed by atoms with E-state index in [1.54, 1.807) is 18.6 Å². The first-order valence-corrected chi connectivity index (χ1v) is 6.80. The molecule has 0 unspecified atom stereocenters. The molecule has 0 saturated heterocycles. The quantitative estimate of drug-likeness (QED) is 0.730. The average Bonchev–Trinajstić information content (AvgIpc) is 1.78. The Kier molecular flexibility index (Phi) is 3.08. The van der Waals surface area contributed by atoms with Crippen LogP contribution < -0.4 is 0 Å². The van der Waals surface area contributed by atoms with Crippen LogP contribution in [0.1, 0.15) is 5.56 Å². The Morgan fingerprint density at radius 1 is 1.46 bits per heavy atom. The van der Waals surface area contributed by atoms with Crippen molar-refractivity contribution < 1.29 is 4.21 Å². The van der Waals surface area contributed by atoms with Crippen molar-refractivity contribution in [1.29, 1.82) is 0 Å². The highest BCUT2D eigenvalue weighted by Gasteiger charge is 1.98. The summed E-state index contributed by atoms with van der Waals surface area (Å²) in [6.45, 7) is 1.94. The van der Waals surface area contributed by atoms with Gasteiger partial charge in [-0.3, -0.25) is 0 Å². The van der Waals surface area contributed by atoms with Gasteiger partial charge in [-0.25, -0.2) is 9.19 Å². The van der Waals surface area contributed by atoms with E-state index in [1.807, 2.05) is 13.0 Å². The Hall–Kier alpha value is -0.420. The Labute approximate surface area is 86.9 Å². The summed E-state index contributed by atoms with van der Waals surface area (Å²) in [5.41, 5.74) is 1.05. The maximum Gasteiger partial charge on any atom is 0.163 e. The molecule has 0 aliphatic heterocycles. The monoisotopic (exact) mass is 262 g/mol. The average molecular weight is 263 g/mol. The molecule has 0 bridgehead atoms. The largest absolute Gasteiger partial charge is 0.250 e. The van der Waals surface area contributed by atoms with Crippen LogP contribution in [0.25, 0.3) is 0 Å². The molecule has 0 aliphatic rings. The molecule has 1 aromatic rings. The van der Waals surface area contributed by atoms with Gasteiger partial charge in [-0.15, -0.1) is 0 Å². The van der Waals surface area contributed by atoms with Gasteiger partial charge in [-0.2, -0.15) is 4.36 Å². The highest BCUT2D eigenvalue weighted by atomic mass is 79.9. The number of halogens is 1. The van der Waals surface area contributed by atoms with Gasteiger partial charge in [0.2, 0.25) is 0 Å². The van der Waals surface area contributed by atoms with E-state index in [1.165, 1.54) is 0 Å². The number of nitrogens with zero attached hydrogens (tertiary/aromatic N) is 2. The van der Waals surface area contributed by atoms with E-state index < -0.39 is 9.73 Å². The minimum absolute atomic E-state index is 0.516. The summed E-state index contributed by atoms with van der Waals surface area (Å²) in [7, 11) is -2.12. The third-order valence-electron chi connectivity index (χ3n) is 1.24. The van der Waals surface area contributed by atoms with Crippen LogP contribution in [0.4, 0.5) is 5.82 Å². The normalized spacial score (nSPS) is 11.4. The van der Waals surface area contributed by atoms with E-state index in [0.29, 0.717) is 5.82 Å². The summed E-state index contributed by atoms with van der Waals surface area (Å²) in [6, 6.07) is 3.68. The van der Waals surface area contributed by atoms with Crippen molar-refractivity contribution in [2.75, 3.05) is 12.5 Å². The molecule has 1 rings (SSSR count). The van der Waals surface area contributed by atoms with Crippen LogP contribution in [0.15, 0.2) is 21.1 Å². The van der Waals surface area contributed by atoms with Gasteiger partial charge in [0.15, 0.2) is 5.82 Å². The van der Waals surface area contributed by atoms with Crippen LogP contribution in [0.2, 0.25) is 0 Å². The number of aromatic nitrogens is 1. The Bertz CT molecular complexity index is 408. The van der Waals surface area contributed by atoms with Crippen molar-refractivity contribution in [2.24, 2.45) is 4.36 Å². The molecule has 72 valence electrons. The smallest absolute Gasteiger partial charge is 0.163 e. The fourth-order valence-corrected chi connectivity index (χ4v) is 1.97. The van der Waals surface area contributed by atoms with Crippen LogP contribution in [-0.2, 0) is 9.73 Å². The van der Waals surface area contributed by atoms with Gasteiger partial charge in [-0.05, 0) is 40.5 Å². The first-order chi connectivity index (χ1) is 5.87. The predicted molar refractivity (Wildman–Crippen MR) is 58.8 cm³/mol. The van der Waals surface area contributed by atoms with Crippen molar-refractivity contribution in [3.63, 3.8) is 0 Å². The highest BCUT2D eigenvalue weighted by Crippen LogP contribution is 2.17. The summed E-state index contributed by atoms with van der Waals surface area (Å²) in [5.74, 6) is 0.516. The third kappa shape index (κ3) is 3.87. The molecule has 13 heavy (non-hydrogen) atoms. The molecule has 0 fully saturated rings. The van der Waals surface area contributed by atoms with Crippen LogP contribution >= 0.6 is 15.9 Å². The number of hydrogen-bond acceptors (Lipinski definition) is 3. The van der Waals surface area contributed by atoms with Crippen LogP contribution in [0, 0.1) is 6.92 Å². The van der Waals surface area contributed by atoms with Gasteiger partial charge < -0.3 is 0 Å². The minimum Gasteiger partial charge on any atom is -0.250 e. The molecule has 0 N–H and O–H groups in total. The number of aryl methyl sites for hydroxylation is 1. The zero-order chi connectivity index (χ0) is 10.1. The lowest BCUT2D eigenvalue weighted by Gasteiger charge is -1.98. The molecular weight excluding hydrogens is 252 g/mol. The van der Waals surface area contributed by atoms with Crippen LogP contribution in [0.3, 0.4) is 0 Å². The molecule has 0 aromatic carbocycles. The van der Waals surface area contributed by atoms with Crippen molar-refractivity contribution in [3.8, 4) is 0 Å². The SMILES string of the molecule is Cc1cc(Br)nc(N=S(C)(C)=O)c1. The van der Waals surface area contributed by atoms with Crippen molar-refractivity contribution >= 4 is 31.5 Å². The van der Waals surface area contributed by atoms with E-state index >= 15 is 0 Å². The van der Waals surface area contributed by atoms with Gasteiger partial charge in [0.1, 0.15) is 4.60 Å². The Morgan fingerprint density at radius 3 is 2.54 bits per heavy atom. The molecule has 0 amide bonds. The molecular formula is C8H11BrN2OS. The molecule has 5 heteroatoms. The van der Waals surface area contributed by atoms with Gasteiger partial charge >= 0.3 is 0 Å². The summed E-state index contributed by atoms with van der Waals surface area (Å²) < 4.78 is 16.1. The Morgan fingerprint density at radius 2 is 2.08 bits per heavy atom. The maximum atomic E-state index is 11.4. The lowest BCUT2D eigenvalue weighted by molar-refractivity contribution is 0.684. The van der Waals surface area contributed by atoms with E-state index in [0.717, 1.165) is 10.2 Å². The summed E-state index contributed by atoms with van der Waals surface area (Å²) >= 11 is 3.26. The Balaban J connectivity index is 3.25. The molecule has 3 nitrogen and oxygen atoms in total. The second-order valence-corrected chi connectivity index (χ2v) is 6.46. The van der Waals surface area contributed by atoms with E-state index in [-0.39, 0.29) is 0 Å². The van der Waals surface area contributed by atoms with E-state index in [2.05, 4.69) is 25.3 Å². The number of rotatable bonds is 1. The highest BCUT2D eigenvalue weighted by molar-refractivity contribution is 9.10. The topological polar surface area (TPSA) is 42.3 Å². The lowest BCUT2D eigenvalue weighted by Crippen LogP contribution is -1.90. The molecule has 0 radical (unpaired) electrons. The molecule has 1 heterocycles. The second kappa shape index (κ2) is 3.75. The zero-order valence-corrected chi connectivity index (χ0v) is 10.1.